The summed E-state index contributed by atoms with van der Waals surface area (Å²) in [4.78, 5) is 62.9. The second-order valence-corrected chi connectivity index (χ2v) is 20.1. The Balaban J connectivity index is 0.914. The van der Waals surface area contributed by atoms with Crippen molar-refractivity contribution in [3.8, 4) is 16.2 Å². The van der Waals surface area contributed by atoms with Gasteiger partial charge in [0.05, 0.1) is 4.88 Å². The van der Waals surface area contributed by atoms with Gasteiger partial charge in [-0.05, 0) is 116 Å². The lowest BCUT2D eigenvalue weighted by Crippen LogP contribution is -2.51. The lowest BCUT2D eigenvalue weighted by atomic mass is 9.86. The molecular weight excluding hydrogens is 892 g/mol. The van der Waals surface area contributed by atoms with Crippen LogP contribution in [0, 0.1) is 0 Å². The van der Waals surface area contributed by atoms with Crippen molar-refractivity contribution in [3.05, 3.63) is 111 Å². The Morgan fingerprint density at radius 1 is 0.985 bits per heavy atom. The van der Waals surface area contributed by atoms with Gasteiger partial charge in [0.2, 0.25) is 11.8 Å². The number of hydrogen-bond donors (Lipinski definition) is 4. The van der Waals surface area contributed by atoms with Gasteiger partial charge in [-0.3, -0.25) is 29.3 Å². The summed E-state index contributed by atoms with van der Waals surface area (Å²) in [7, 11) is 1.86. The predicted molar refractivity (Wildman–Crippen MR) is 268 cm³/mol. The fraction of sp³-hybridized carbons (Fsp3) is 0.353. The Hall–Kier alpha value is -5.67. The normalized spacial score (nSPS) is 20.4. The highest BCUT2D eigenvalue weighted by molar-refractivity contribution is 7.96. The van der Waals surface area contributed by atoms with Crippen LogP contribution in [0.3, 0.4) is 0 Å². The topological polar surface area (TPSA) is 149 Å². The summed E-state index contributed by atoms with van der Waals surface area (Å²) >= 11 is 9.77. The number of hydrogen-bond acceptors (Lipinski definition) is 13. The van der Waals surface area contributed by atoms with Gasteiger partial charge in [0, 0.05) is 78.4 Å². The van der Waals surface area contributed by atoms with Crippen molar-refractivity contribution < 1.29 is 28.7 Å². The molecule has 4 heterocycles. The zero-order valence-electron chi connectivity index (χ0n) is 37.4. The van der Waals surface area contributed by atoms with Crippen LogP contribution >= 0.6 is 34.9 Å². The van der Waals surface area contributed by atoms with Gasteiger partial charge in [-0.15, -0.1) is 11.3 Å². The Morgan fingerprint density at radius 2 is 1.82 bits per heavy atom. The number of halogens is 1. The second kappa shape index (κ2) is 20.9. The molecule has 344 valence electrons. The van der Waals surface area contributed by atoms with E-state index in [2.05, 4.69) is 75.8 Å². The SMILES string of the molecule is CN(c1ccc(C2CCN/C=C/c3ccc(CSN4CCC(Nc5cccc(-c6sc(C=O)c(OCC=O)c6Cl)c5)CC4(C)C)cc3NCC2)c2cccc(C=O)c12)C1CCC(=O)NC1=O. The summed E-state index contributed by atoms with van der Waals surface area (Å²) in [6.07, 6.45) is 10.7. The largest absolute Gasteiger partial charge is 0.483 e. The predicted octanol–water partition coefficient (Wildman–Crippen LogP) is 9.72. The second-order valence-electron chi connectivity index (χ2n) is 17.7. The van der Waals surface area contributed by atoms with E-state index in [0.717, 1.165) is 107 Å². The molecule has 4 N–H and O–H groups in total. The number of rotatable bonds is 14. The number of carbonyl (C=O) groups excluding carboxylic acids is 5. The highest BCUT2D eigenvalue weighted by atomic mass is 35.5. The lowest BCUT2D eigenvalue weighted by molar-refractivity contribution is -0.134. The first-order valence-electron chi connectivity index (χ1n) is 22.4. The monoisotopic (exact) mass is 946 g/mol. The molecule has 2 saturated heterocycles. The van der Waals surface area contributed by atoms with E-state index in [1.807, 2.05) is 72.6 Å². The molecule has 0 aliphatic carbocycles. The van der Waals surface area contributed by atoms with Crippen LogP contribution in [0.25, 0.3) is 27.3 Å². The van der Waals surface area contributed by atoms with E-state index < -0.39 is 6.04 Å². The molecule has 3 aliphatic rings. The summed E-state index contributed by atoms with van der Waals surface area (Å²) in [5.41, 5.74) is 7.73. The molecule has 0 saturated carbocycles. The maximum atomic E-state index is 12.9. The van der Waals surface area contributed by atoms with Crippen molar-refractivity contribution >= 4 is 99.5 Å². The van der Waals surface area contributed by atoms with Crippen LogP contribution in [0.4, 0.5) is 17.1 Å². The zero-order chi connectivity index (χ0) is 46.4. The van der Waals surface area contributed by atoms with Crippen molar-refractivity contribution in [2.24, 2.45) is 0 Å². The van der Waals surface area contributed by atoms with Crippen LogP contribution in [-0.2, 0) is 20.1 Å². The average Bonchev–Trinajstić information content (AvgIpc) is 3.61. The van der Waals surface area contributed by atoms with Crippen molar-refractivity contribution in [2.45, 2.75) is 81.7 Å². The number of imide groups is 1. The van der Waals surface area contributed by atoms with Gasteiger partial charge in [0.1, 0.15) is 22.5 Å². The fourth-order valence-electron chi connectivity index (χ4n) is 9.53. The van der Waals surface area contributed by atoms with E-state index in [4.69, 9.17) is 16.3 Å². The van der Waals surface area contributed by atoms with E-state index in [1.54, 1.807) is 0 Å². The molecule has 5 aromatic rings. The molecule has 15 heteroatoms. The first kappa shape index (κ1) is 46.8. The number of fused-ring (bicyclic) bond motifs is 2. The summed E-state index contributed by atoms with van der Waals surface area (Å²) in [6, 6.07) is 24.4. The fourth-order valence-corrected chi connectivity index (χ4v) is 12.1. The molecule has 3 aliphatic heterocycles. The van der Waals surface area contributed by atoms with Gasteiger partial charge in [-0.25, -0.2) is 4.31 Å². The number of benzene rings is 4. The van der Waals surface area contributed by atoms with Crippen molar-refractivity contribution in [1.82, 2.24) is 14.9 Å². The molecular formula is C51H55ClN6O6S2. The van der Waals surface area contributed by atoms with Gasteiger partial charge in [0.15, 0.2) is 24.6 Å². The molecule has 0 bridgehead atoms. The van der Waals surface area contributed by atoms with E-state index >= 15 is 0 Å². The number of aldehydes is 3. The molecule has 2 amide bonds. The standard InChI is InChI=1S/C51H55ClN6O6S2/c1-51(2)28-38(55-37-8-4-6-35(27-37)49-47(52)48(64-25-24-59)44(30-61)66-49)19-23-58(51)65-31-32-10-11-34-17-21-53-20-16-33(18-22-54-41(34)26-32)39-12-13-42(46-36(29-60)7-5-9-40(39)46)57(3)43-14-15-45(62)56-50(43)63/h4-13,17,21,24,26-27,29-30,33,38,43,53-55H,14-16,18-20,22-23,25,28,31H2,1-3H3,(H,56,62,63)/b21-17+. The van der Waals surface area contributed by atoms with Crippen LogP contribution < -0.4 is 30.9 Å². The molecule has 4 aromatic carbocycles. The van der Waals surface area contributed by atoms with Gasteiger partial charge in [-0.1, -0.05) is 72.1 Å². The molecule has 1 aromatic heterocycles. The Kier molecular flexibility index (Phi) is 14.8. The number of nitrogens with one attached hydrogen (secondary N) is 4. The molecule has 0 spiro atoms. The molecule has 3 unspecified atom stereocenters. The third kappa shape index (κ3) is 10.3. The molecule has 0 radical (unpaired) electrons. The average molecular weight is 948 g/mol. The molecule has 12 nitrogen and oxygen atoms in total. The minimum absolute atomic E-state index is 0.0755. The number of nitrogens with zero attached hydrogens (tertiary/aromatic N) is 2. The van der Waals surface area contributed by atoms with Crippen molar-refractivity contribution in [3.63, 3.8) is 0 Å². The van der Waals surface area contributed by atoms with Gasteiger partial charge < -0.3 is 25.6 Å². The van der Waals surface area contributed by atoms with E-state index in [-0.39, 0.29) is 48.1 Å². The number of piperidine rings is 2. The maximum Gasteiger partial charge on any atom is 0.249 e. The third-order valence-corrected chi connectivity index (χ3v) is 15.9. The number of amides is 2. The van der Waals surface area contributed by atoms with E-state index in [0.29, 0.717) is 34.5 Å². The minimum Gasteiger partial charge on any atom is -0.483 e. The highest BCUT2D eigenvalue weighted by Crippen LogP contribution is 2.46. The third-order valence-electron chi connectivity index (χ3n) is 12.9. The summed E-state index contributed by atoms with van der Waals surface area (Å²) in [5, 5.41) is 15.7. The summed E-state index contributed by atoms with van der Waals surface area (Å²) in [6.45, 7) is 6.88. The minimum atomic E-state index is -0.512. The lowest BCUT2D eigenvalue weighted by Gasteiger charge is -2.45. The van der Waals surface area contributed by atoms with E-state index in [1.165, 1.54) is 16.9 Å². The van der Waals surface area contributed by atoms with Gasteiger partial charge in [0.25, 0.3) is 0 Å². The highest BCUT2D eigenvalue weighted by Gasteiger charge is 2.36. The molecule has 2 fully saturated rings. The first-order chi connectivity index (χ1) is 32.0. The van der Waals surface area contributed by atoms with Crippen LogP contribution in [-0.4, -0.2) is 85.9 Å². The zero-order valence-corrected chi connectivity index (χ0v) is 39.8. The Labute approximate surface area is 399 Å². The van der Waals surface area contributed by atoms with Crippen molar-refractivity contribution in [1.29, 1.82) is 0 Å². The maximum absolute atomic E-state index is 12.9. The summed E-state index contributed by atoms with van der Waals surface area (Å²) in [5.74, 6) is 0.680. The van der Waals surface area contributed by atoms with Crippen LogP contribution in [0.1, 0.15) is 95.0 Å². The smallest absolute Gasteiger partial charge is 0.249 e. The number of likely N-dealkylation sites (N-methyl/N-ethyl adjacent to an activating group) is 1. The first-order valence-corrected chi connectivity index (χ1v) is 24.6. The van der Waals surface area contributed by atoms with Gasteiger partial charge >= 0.3 is 0 Å². The Morgan fingerprint density at radius 3 is 2.61 bits per heavy atom. The molecule has 3 atom stereocenters. The van der Waals surface area contributed by atoms with Crippen LogP contribution in [0.15, 0.2) is 79.0 Å². The quantitative estimate of drug-likeness (QED) is 0.0477. The summed E-state index contributed by atoms with van der Waals surface area (Å²) < 4.78 is 7.99. The van der Waals surface area contributed by atoms with Gasteiger partial charge in [-0.2, -0.15) is 0 Å². The van der Waals surface area contributed by atoms with E-state index in [9.17, 15) is 24.0 Å². The van der Waals surface area contributed by atoms with Crippen LogP contribution in [0.2, 0.25) is 5.02 Å². The molecule has 8 rings (SSSR count). The Bertz CT molecular complexity index is 2670. The molecule has 66 heavy (non-hydrogen) atoms. The number of carbonyl (C=O) groups is 5. The number of ether oxygens (including phenoxy) is 1. The van der Waals surface area contributed by atoms with Crippen molar-refractivity contribution in [2.75, 3.05) is 48.8 Å². The van der Waals surface area contributed by atoms with Crippen LogP contribution in [0.5, 0.6) is 5.75 Å². The number of anilines is 3. The number of thiophene rings is 1.